The van der Waals surface area contributed by atoms with Crippen LogP contribution in [0.2, 0.25) is 0 Å². The van der Waals surface area contributed by atoms with Crippen molar-refractivity contribution in [1.82, 2.24) is 0 Å². The van der Waals surface area contributed by atoms with Crippen LogP contribution in [-0.2, 0) is 6.42 Å². The Morgan fingerprint density at radius 2 is 2.25 bits per heavy atom. The Hall–Kier alpha value is -1.22. The number of hydrogen-bond donors (Lipinski definition) is 0. The largest absolute Gasteiger partial charge is 0.104 e. The number of hydrogen-bond acceptors (Lipinski definition) is 0. The third-order valence-electron chi connectivity index (χ3n) is 1.59. The molecule has 0 saturated heterocycles. The van der Waals surface area contributed by atoms with Crippen LogP contribution in [0.3, 0.4) is 0 Å². The number of rotatable bonds is 2. The van der Waals surface area contributed by atoms with Gasteiger partial charge in [-0.05, 0) is 18.1 Å². The van der Waals surface area contributed by atoms with E-state index in [2.05, 4.69) is 30.9 Å². The SMILES string of the molecule is CCC#CCCc1[c]cccc1. The molecule has 0 amide bonds. The zero-order valence-electron chi connectivity index (χ0n) is 7.43. The topological polar surface area (TPSA) is 0 Å². The molecule has 0 fully saturated rings. The molecule has 1 aromatic rings. The van der Waals surface area contributed by atoms with Gasteiger partial charge in [-0.3, -0.25) is 0 Å². The van der Waals surface area contributed by atoms with E-state index in [0.29, 0.717) is 0 Å². The summed E-state index contributed by atoms with van der Waals surface area (Å²) >= 11 is 0. The van der Waals surface area contributed by atoms with E-state index >= 15 is 0 Å². The van der Waals surface area contributed by atoms with E-state index < -0.39 is 0 Å². The molecule has 0 spiro atoms. The van der Waals surface area contributed by atoms with Crippen LogP contribution in [0.4, 0.5) is 0 Å². The fraction of sp³-hybridized carbons (Fsp3) is 0.333. The lowest BCUT2D eigenvalue weighted by Gasteiger charge is -1.93. The maximum Gasteiger partial charge on any atom is 0.0129 e. The van der Waals surface area contributed by atoms with E-state index in [-0.39, 0.29) is 0 Å². The summed E-state index contributed by atoms with van der Waals surface area (Å²) < 4.78 is 0. The highest BCUT2D eigenvalue weighted by Crippen LogP contribution is 2.00. The van der Waals surface area contributed by atoms with Crippen molar-refractivity contribution in [3.8, 4) is 11.8 Å². The first-order valence-electron chi connectivity index (χ1n) is 4.35. The summed E-state index contributed by atoms with van der Waals surface area (Å²) in [6.45, 7) is 2.07. The zero-order valence-corrected chi connectivity index (χ0v) is 7.43. The predicted molar refractivity (Wildman–Crippen MR) is 51.7 cm³/mol. The summed E-state index contributed by atoms with van der Waals surface area (Å²) in [4.78, 5) is 0. The van der Waals surface area contributed by atoms with Gasteiger partial charge in [0.1, 0.15) is 0 Å². The van der Waals surface area contributed by atoms with Gasteiger partial charge >= 0.3 is 0 Å². The van der Waals surface area contributed by atoms with Crippen LogP contribution in [0.5, 0.6) is 0 Å². The van der Waals surface area contributed by atoms with Crippen molar-refractivity contribution in [2.24, 2.45) is 0 Å². The minimum Gasteiger partial charge on any atom is -0.104 e. The third kappa shape index (κ3) is 3.25. The second-order valence-corrected chi connectivity index (χ2v) is 2.59. The molecule has 0 saturated carbocycles. The number of benzene rings is 1. The Bertz CT molecular complexity index is 261. The van der Waals surface area contributed by atoms with Crippen LogP contribution >= 0.6 is 0 Å². The summed E-state index contributed by atoms with van der Waals surface area (Å²) in [5, 5.41) is 0. The van der Waals surface area contributed by atoms with Crippen molar-refractivity contribution in [3.05, 3.63) is 35.9 Å². The van der Waals surface area contributed by atoms with Gasteiger partial charge in [-0.2, -0.15) is 0 Å². The average Bonchev–Trinajstić information content (AvgIpc) is 2.14. The molecule has 0 N–H and O–H groups in total. The summed E-state index contributed by atoms with van der Waals surface area (Å²) in [7, 11) is 0. The summed E-state index contributed by atoms with van der Waals surface area (Å²) in [6, 6.07) is 11.2. The van der Waals surface area contributed by atoms with Gasteiger partial charge in [-0.25, -0.2) is 0 Å². The van der Waals surface area contributed by atoms with E-state index in [1.165, 1.54) is 5.56 Å². The van der Waals surface area contributed by atoms with Crippen LogP contribution in [0.15, 0.2) is 24.3 Å². The molecular formula is C12H13. The Balaban J connectivity index is 2.34. The lowest BCUT2D eigenvalue weighted by molar-refractivity contribution is 1.02. The fourth-order valence-electron chi connectivity index (χ4n) is 0.997. The average molecular weight is 157 g/mol. The Morgan fingerprint density at radius 3 is 2.92 bits per heavy atom. The highest BCUT2D eigenvalue weighted by atomic mass is 13.9. The van der Waals surface area contributed by atoms with Crippen molar-refractivity contribution in [1.29, 1.82) is 0 Å². The highest BCUT2D eigenvalue weighted by molar-refractivity contribution is 5.14. The van der Waals surface area contributed by atoms with Crippen LogP contribution in [0, 0.1) is 17.9 Å². The summed E-state index contributed by atoms with van der Waals surface area (Å²) in [5.74, 6) is 6.17. The molecule has 0 aliphatic carbocycles. The number of aryl methyl sites for hydroxylation is 1. The molecule has 0 nitrogen and oxygen atoms in total. The first-order valence-corrected chi connectivity index (χ1v) is 4.35. The van der Waals surface area contributed by atoms with Gasteiger partial charge < -0.3 is 0 Å². The van der Waals surface area contributed by atoms with Crippen molar-refractivity contribution in [2.75, 3.05) is 0 Å². The van der Waals surface area contributed by atoms with Crippen molar-refractivity contribution in [3.63, 3.8) is 0 Å². The molecule has 0 aromatic heterocycles. The Morgan fingerprint density at radius 1 is 1.33 bits per heavy atom. The first-order chi connectivity index (χ1) is 5.93. The molecule has 0 bridgehead atoms. The van der Waals surface area contributed by atoms with Gasteiger partial charge in [0.05, 0.1) is 0 Å². The van der Waals surface area contributed by atoms with E-state index in [1.54, 1.807) is 0 Å². The Kier molecular flexibility index (Phi) is 4.02. The smallest absolute Gasteiger partial charge is 0.0129 e. The lowest BCUT2D eigenvalue weighted by Crippen LogP contribution is -1.81. The van der Waals surface area contributed by atoms with Gasteiger partial charge in [0.25, 0.3) is 0 Å². The molecule has 1 aromatic carbocycles. The molecule has 0 atom stereocenters. The molecule has 1 radical (unpaired) electrons. The van der Waals surface area contributed by atoms with Crippen LogP contribution in [0.25, 0.3) is 0 Å². The molecule has 61 valence electrons. The second-order valence-electron chi connectivity index (χ2n) is 2.59. The van der Waals surface area contributed by atoms with Gasteiger partial charge in [0.15, 0.2) is 0 Å². The first kappa shape index (κ1) is 8.87. The van der Waals surface area contributed by atoms with Gasteiger partial charge in [-0.15, -0.1) is 11.8 Å². The molecule has 0 heterocycles. The van der Waals surface area contributed by atoms with Crippen molar-refractivity contribution < 1.29 is 0 Å². The third-order valence-corrected chi connectivity index (χ3v) is 1.59. The van der Waals surface area contributed by atoms with E-state index in [0.717, 1.165) is 19.3 Å². The van der Waals surface area contributed by atoms with Crippen LogP contribution in [-0.4, -0.2) is 0 Å². The molecule has 0 aliphatic rings. The minimum atomic E-state index is 0.953. The quantitative estimate of drug-likeness (QED) is 0.579. The molecule has 12 heavy (non-hydrogen) atoms. The van der Waals surface area contributed by atoms with Crippen molar-refractivity contribution in [2.45, 2.75) is 26.2 Å². The standard InChI is InChI=1S/C12H13/c1-2-3-4-6-9-12-10-7-5-8-11-12/h5,7-8,10H,2,6,9H2,1H3. The summed E-state index contributed by atoms with van der Waals surface area (Å²) in [6.07, 6.45) is 2.93. The van der Waals surface area contributed by atoms with Gasteiger partial charge in [0, 0.05) is 12.8 Å². The molecular weight excluding hydrogens is 144 g/mol. The lowest BCUT2D eigenvalue weighted by atomic mass is 10.1. The van der Waals surface area contributed by atoms with Crippen LogP contribution in [0.1, 0.15) is 25.3 Å². The van der Waals surface area contributed by atoms with E-state index in [9.17, 15) is 0 Å². The fourth-order valence-corrected chi connectivity index (χ4v) is 0.997. The molecule has 0 unspecified atom stereocenters. The summed E-state index contributed by atoms with van der Waals surface area (Å²) in [5.41, 5.74) is 1.25. The highest BCUT2D eigenvalue weighted by Gasteiger charge is 1.87. The van der Waals surface area contributed by atoms with Crippen molar-refractivity contribution >= 4 is 0 Å². The maximum absolute atomic E-state index is 3.18. The normalized spacial score (nSPS) is 8.75. The molecule has 0 heteroatoms. The zero-order chi connectivity index (χ0) is 8.65. The molecule has 0 aliphatic heterocycles. The molecule has 1 rings (SSSR count). The monoisotopic (exact) mass is 157 g/mol. The maximum atomic E-state index is 3.18. The van der Waals surface area contributed by atoms with Gasteiger partial charge in [0.2, 0.25) is 0 Å². The van der Waals surface area contributed by atoms with E-state index in [1.807, 2.05) is 18.2 Å². The predicted octanol–water partition coefficient (Wildman–Crippen LogP) is 2.83. The van der Waals surface area contributed by atoms with Gasteiger partial charge in [-0.1, -0.05) is 31.2 Å². The van der Waals surface area contributed by atoms with E-state index in [4.69, 9.17) is 0 Å². The van der Waals surface area contributed by atoms with Crippen LogP contribution < -0.4 is 0 Å². The Labute approximate surface area is 74.6 Å². The second kappa shape index (κ2) is 5.43. The minimum absolute atomic E-state index is 0.953.